The molecule has 0 saturated heterocycles. The fourth-order valence-corrected chi connectivity index (χ4v) is 2.48. The molecule has 130 valence electrons. The van der Waals surface area contributed by atoms with E-state index in [-0.39, 0.29) is 11.3 Å². The maximum Gasteiger partial charge on any atom is 0.166 e. The highest BCUT2D eigenvalue weighted by Gasteiger charge is 2.16. The van der Waals surface area contributed by atoms with Crippen molar-refractivity contribution < 1.29 is 17.9 Å². The van der Waals surface area contributed by atoms with Gasteiger partial charge < -0.3 is 4.74 Å². The van der Waals surface area contributed by atoms with Crippen LogP contribution >= 0.6 is 0 Å². The highest BCUT2D eigenvalue weighted by atomic mass is 19.2. The molecule has 0 fully saturated rings. The molecule has 2 rings (SSSR count). The Kier molecular flexibility index (Phi) is 6.71. The predicted octanol–water partition coefficient (Wildman–Crippen LogP) is 6.29. The Morgan fingerprint density at radius 3 is 2.29 bits per heavy atom. The Balaban J connectivity index is 2.25. The lowest BCUT2D eigenvalue weighted by atomic mass is 10.00. The molecule has 0 heterocycles. The van der Waals surface area contributed by atoms with Crippen molar-refractivity contribution in [3.8, 4) is 16.9 Å². The molecule has 2 aromatic rings. The van der Waals surface area contributed by atoms with E-state index < -0.39 is 17.5 Å². The number of aryl methyl sites for hydroxylation is 1. The van der Waals surface area contributed by atoms with Gasteiger partial charge in [0.15, 0.2) is 23.2 Å². The van der Waals surface area contributed by atoms with Crippen molar-refractivity contribution in [3.05, 3.63) is 53.3 Å². The molecule has 0 spiro atoms. The highest BCUT2D eigenvalue weighted by molar-refractivity contribution is 5.65. The number of unbranched alkanes of at least 4 members (excludes halogenated alkanes) is 2. The van der Waals surface area contributed by atoms with E-state index in [1.807, 2.05) is 13.8 Å². The van der Waals surface area contributed by atoms with Crippen LogP contribution in [-0.2, 0) is 6.42 Å². The van der Waals surface area contributed by atoms with Gasteiger partial charge in [-0.25, -0.2) is 13.2 Å². The molecular weight excluding hydrogens is 313 g/mol. The van der Waals surface area contributed by atoms with Crippen LogP contribution < -0.4 is 4.74 Å². The van der Waals surface area contributed by atoms with Crippen molar-refractivity contribution >= 4 is 0 Å². The molecule has 0 saturated carbocycles. The van der Waals surface area contributed by atoms with Crippen LogP contribution in [0.2, 0.25) is 0 Å². The van der Waals surface area contributed by atoms with Crippen molar-refractivity contribution in [3.63, 3.8) is 0 Å². The second kappa shape index (κ2) is 8.76. The molecule has 0 atom stereocenters. The average molecular weight is 336 g/mol. The molecule has 24 heavy (non-hydrogen) atoms. The number of hydrogen-bond donors (Lipinski definition) is 0. The topological polar surface area (TPSA) is 9.23 Å². The van der Waals surface area contributed by atoms with Crippen molar-refractivity contribution in [2.75, 3.05) is 6.61 Å². The third-order valence-electron chi connectivity index (χ3n) is 3.96. The molecule has 0 aliphatic carbocycles. The molecule has 0 aliphatic heterocycles. The molecule has 0 amide bonds. The second-order valence-electron chi connectivity index (χ2n) is 5.85. The van der Waals surface area contributed by atoms with E-state index in [9.17, 15) is 13.2 Å². The number of halogens is 3. The van der Waals surface area contributed by atoms with E-state index in [1.54, 1.807) is 12.1 Å². The van der Waals surface area contributed by atoms with Gasteiger partial charge in [-0.05, 0) is 42.5 Å². The maximum absolute atomic E-state index is 14.3. The largest absolute Gasteiger partial charge is 0.491 e. The van der Waals surface area contributed by atoms with Crippen molar-refractivity contribution in [1.29, 1.82) is 0 Å². The summed E-state index contributed by atoms with van der Waals surface area (Å²) in [7, 11) is 0. The Bertz CT molecular complexity index is 683. The summed E-state index contributed by atoms with van der Waals surface area (Å²) in [6, 6.07) is 7.28. The van der Waals surface area contributed by atoms with Gasteiger partial charge in [0, 0.05) is 5.56 Å². The molecule has 0 aliphatic rings. The molecule has 0 radical (unpaired) electrons. The average Bonchev–Trinajstić information content (AvgIpc) is 2.58. The fourth-order valence-electron chi connectivity index (χ4n) is 2.48. The third kappa shape index (κ3) is 4.31. The predicted molar refractivity (Wildman–Crippen MR) is 90.8 cm³/mol. The molecule has 0 unspecified atom stereocenters. The molecule has 0 aromatic heterocycles. The number of hydrogen-bond acceptors (Lipinski definition) is 1. The van der Waals surface area contributed by atoms with Crippen molar-refractivity contribution in [2.45, 2.75) is 46.0 Å². The molecule has 0 bridgehead atoms. The van der Waals surface area contributed by atoms with Crippen LogP contribution in [0.5, 0.6) is 5.75 Å². The monoisotopic (exact) mass is 336 g/mol. The van der Waals surface area contributed by atoms with Gasteiger partial charge in [-0.1, -0.05) is 44.9 Å². The van der Waals surface area contributed by atoms with Gasteiger partial charge >= 0.3 is 0 Å². The van der Waals surface area contributed by atoms with E-state index >= 15 is 0 Å². The Hall–Kier alpha value is -1.97. The molecule has 1 nitrogen and oxygen atoms in total. The molecule has 2 aromatic carbocycles. The van der Waals surface area contributed by atoms with E-state index in [1.165, 1.54) is 18.2 Å². The number of ether oxygens (including phenoxy) is 1. The van der Waals surface area contributed by atoms with E-state index in [0.29, 0.717) is 24.2 Å². The van der Waals surface area contributed by atoms with Crippen molar-refractivity contribution in [1.82, 2.24) is 0 Å². The van der Waals surface area contributed by atoms with Crippen LogP contribution in [0.15, 0.2) is 30.3 Å². The van der Waals surface area contributed by atoms with Crippen LogP contribution in [0, 0.1) is 17.5 Å². The Labute approximate surface area is 141 Å². The quantitative estimate of drug-likeness (QED) is 0.515. The zero-order chi connectivity index (χ0) is 17.5. The zero-order valence-corrected chi connectivity index (χ0v) is 14.2. The summed E-state index contributed by atoms with van der Waals surface area (Å²) in [5.74, 6) is -2.21. The van der Waals surface area contributed by atoms with Gasteiger partial charge in [-0.2, -0.15) is 0 Å². The van der Waals surface area contributed by atoms with E-state index in [2.05, 4.69) is 0 Å². The first-order valence-electron chi connectivity index (χ1n) is 8.48. The zero-order valence-electron chi connectivity index (χ0n) is 14.2. The first kappa shape index (κ1) is 18.4. The minimum atomic E-state index is -0.928. The first-order valence-corrected chi connectivity index (χ1v) is 8.48. The van der Waals surface area contributed by atoms with Crippen LogP contribution in [0.1, 0.15) is 45.1 Å². The smallest absolute Gasteiger partial charge is 0.166 e. The molecule has 0 N–H and O–H groups in total. The number of rotatable bonds is 8. The van der Waals surface area contributed by atoms with Gasteiger partial charge in [0.25, 0.3) is 0 Å². The maximum atomic E-state index is 14.3. The fraction of sp³-hybridized carbons (Fsp3) is 0.400. The van der Waals surface area contributed by atoms with Gasteiger partial charge in [0.2, 0.25) is 0 Å². The first-order chi connectivity index (χ1) is 11.6. The normalized spacial score (nSPS) is 10.9. The van der Waals surface area contributed by atoms with Crippen molar-refractivity contribution in [2.24, 2.45) is 0 Å². The summed E-state index contributed by atoms with van der Waals surface area (Å²) in [5.41, 5.74) is 0.721. The van der Waals surface area contributed by atoms with Crippen LogP contribution in [0.25, 0.3) is 11.1 Å². The van der Waals surface area contributed by atoms with Crippen LogP contribution in [0.4, 0.5) is 13.2 Å². The molecular formula is C20H23F3O. The van der Waals surface area contributed by atoms with Gasteiger partial charge in [-0.15, -0.1) is 0 Å². The van der Waals surface area contributed by atoms with Gasteiger partial charge in [-0.3, -0.25) is 0 Å². The molecule has 4 heteroatoms. The van der Waals surface area contributed by atoms with Gasteiger partial charge in [0.05, 0.1) is 6.61 Å². The number of benzene rings is 2. The minimum Gasteiger partial charge on any atom is -0.491 e. The van der Waals surface area contributed by atoms with Crippen LogP contribution in [0.3, 0.4) is 0 Å². The van der Waals surface area contributed by atoms with E-state index in [4.69, 9.17) is 4.74 Å². The lowest BCUT2D eigenvalue weighted by Crippen LogP contribution is -2.00. The summed E-state index contributed by atoms with van der Waals surface area (Å²) in [4.78, 5) is 0. The van der Waals surface area contributed by atoms with Crippen LogP contribution in [-0.4, -0.2) is 6.61 Å². The lowest BCUT2D eigenvalue weighted by Gasteiger charge is -2.11. The van der Waals surface area contributed by atoms with Gasteiger partial charge in [0.1, 0.15) is 0 Å². The second-order valence-corrected chi connectivity index (χ2v) is 5.85. The summed E-state index contributed by atoms with van der Waals surface area (Å²) < 4.78 is 47.9. The summed E-state index contributed by atoms with van der Waals surface area (Å²) >= 11 is 0. The van der Waals surface area contributed by atoms with E-state index in [0.717, 1.165) is 25.7 Å². The minimum absolute atomic E-state index is 0.0618. The highest BCUT2D eigenvalue weighted by Crippen LogP contribution is 2.30. The lowest BCUT2D eigenvalue weighted by molar-refractivity contribution is 0.294. The SMILES string of the molecule is CCCCOc1ccc(-c2ccc(CCCC)c(F)c2F)cc1F. The summed E-state index contributed by atoms with van der Waals surface area (Å²) in [6.07, 6.45) is 3.99. The Morgan fingerprint density at radius 2 is 1.62 bits per heavy atom. The summed E-state index contributed by atoms with van der Waals surface area (Å²) in [5, 5.41) is 0. The summed E-state index contributed by atoms with van der Waals surface area (Å²) in [6.45, 7) is 4.45. The standard InChI is InChI=1S/C20H23F3O/c1-3-5-7-14-8-10-16(20(23)19(14)22)15-9-11-18(17(21)13-15)24-12-6-4-2/h8-11,13H,3-7,12H2,1-2H3. The Morgan fingerprint density at radius 1 is 0.875 bits per heavy atom. The third-order valence-corrected chi connectivity index (χ3v) is 3.96.